The molecule has 0 saturated heterocycles. The number of hydrogen-bond donors (Lipinski definition) is 0. The largest absolute Gasteiger partial charge is 0.264 e. The summed E-state index contributed by atoms with van der Waals surface area (Å²) in [5.41, 5.74) is 19.1. The quantitative estimate of drug-likeness (QED) is 0.206. The Hall–Kier alpha value is -5.67. The maximum absolute atomic E-state index is 4.88. The van der Waals surface area contributed by atoms with E-state index in [1.165, 1.54) is 72.3 Å². The first-order valence-electron chi connectivity index (χ1n) is 15.9. The van der Waals surface area contributed by atoms with Gasteiger partial charge < -0.3 is 0 Å². The minimum Gasteiger partial charge on any atom is -0.264 e. The first-order valence-corrected chi connectivity index (χ1v) is 15.9. The number of pyridine rings is 1. The van der Waals surface area contributed by atoms with Gasteiger partial charge in [-0.25, -0.2) is 9.97 Å². The molecule has 0 atom stereocenters. The van der Waals surface area contributed by atoms with Crippen LogP contribution >= 0.6 is 0 Å². The molecule has 7 aromatic rings. The van der Waals surface area contributed by atoms with Gasteiger partial charge >= 0.3 is 0 Å². The Kier molecular flexibility index (Phi) is 5.76. The molecular weight excluding hydrogens is 558 g/mol. The van der Waals surface area contributed by atoms with Crippen LogP contribution in [-0.4, -0.2) is 15.0 Å². The first kappa shape index (κ1) is 26.7. The molecule has 3 heteroatoms. The van der Waals surface area contributed by atoms with Crippen LogP contribution in [0.5, 0.6) is 0 Å². The smallest absolute Gasteiger partial charge is 0.126 e. The van der Waals surface area contributed by atoms with Gasteiger partial charge in [0.15, 0.2) is 0 Å². The van der Waals surface area contributed by atoms with Crippen molar-refractivity contribution >= 4 is 0 Å². The number of aromatic nitrogens is 3. The molecule has 2 aliphatic carbocycles. The van der Waals surface area contributed by atoms with Crippen molar-refractivity contribution in [2.24, 2.45) is 0 Å². The summed E-state index contributed by atoms with van der Waals surface area (Å²) in [4.78, 5) is 13.8. The van der Waals surface area contributed by atoms with Crippen LogP contribution in [0.1, 0.15) is 39.3 Å². The Balaban J connectivity index is 1.36. The molecule has 2 aliphatic rings. The highest BCUT2D eigenvalue weighted by Gasteiger charge is 2.52. The zero-order valence-corrected chi connectivity index (χ0v) is 26.0. The topological polar surface area (TPSA) is 38.7 Å². The summed E-state index contributed by atoms with van der Waals surface area (Å²) >= 11 is 0. The van der Waals surface area contributed by atoms with Gasteiger partial charge in [-0.1, -0.05) is 97.1 Å². The Morgan fingerprint density at radius 3 is 1.89 bits per heavy atom. The van der Waals surface area contributed by atoms with Gasteiger partial charge in [0.25, 0.3) is 0 Å². The van der Waals surface area contributed by atoms with Crippen LogP contribution in [0.2, 0.25) is 0 Å². The summed E-state index contributed by atoms with van der Waals surface area (Å²) in [6.45, 7) is 6.14. The molecule has 0 aliphatic heterocycles. The molecule has 1 spiro atoms. The van der Waals surface area contributed by atoms with E-state index in [1.54, 1.807) is 0 Å². The van der Waals surface area contributed by atoms with Crippen molar-refractivity contribution in [3.8, 4) is 55.8 Å². The molecule has 5 aromatic carbocycles. The molecule has 9 rings (SSSR count). The fraction of sp³-hybridized carbons (Fsp3) is 0.0930. The average molecular weight is 590 g/mol. The highest BCUT2D eigenvalue weighted by molar-refractivity contribution is 6.00. The van der Waals surface area contributed by atoms with E-state index in [4.69, 9.17) is 4.98 Å². The van der Waals surface area contributed by atoms with E-state index in [9.17, 15) is 0 Å². The van der Waals surface area contributed by atoms with E-state index in [2.05, 4.69) is 138 Å². The third-order valence-electron chi connectivity index (χ3n) is 9.88. The van der Waals surface area contributed by atoms with Crippen molar-refractivity contribution in [1.29, 1.82) is 0 Å². The summed E-state index contributed by atoms with van der Waals surface area (Å²) in [6, 6.07) is 45.0. The Labute approximate surface area is 269 Å². The second-order valence-corrected chi connectivity index (χ2v) is 12.5. The van der Waals surface area contributed by atoms with Crippen molar-refractivity contribution in [3.05, 3.63) is 173 Å². The highest BCUT2D eigenvalue weighted by atomic mass is 14.9. The van der Waals surface area contributed by atoms with Crippen molar-refractivity contribution in [1.82, 2.24) is 15.0 Å². The number of nitrogens with zero attached hydrogens (tertiary/aromatic N) is 3. The van der Waals surface area contributed by atoms with Crippen molar-refractivity contribution in [2.75, 3.05) is 0 Å². The molecule has 0 saturated carbocycles. The SMILES string of the molecule is Cc1cc(-c2ccc3c(c2)C2(c4ccccc4-c4ccccc42)c2cccc(-c4cccc(-c5ccncc5C)c4)c2-3)nc(C)n1. The maximum Gasteiger partial charge on any atom is 0.126 e. The lowest BCUT2D eigenvalue weighted by atomic mass is 9.70. The second kappa shape index (κ2) is 9.92. The highest BCUT2D eigenvalue weighted by Crippen LogP contribution is 2.64. The fourth-order valence-electron chi connectivity index (χ4n) is 8.10. The molecule has 3 nitrogen and oxygen atoms in total. The van der Waals surface area contributed by atoms with Gasteiger partial charge in [-0.3, -0.25) is 4.98 Å². The van der Waals surface area contributed by atoms with E-state index in [0.29, 0.717) is 0 Å². The van der Waals surface area contributed by atoms with E-state index < -0.39 is 5.41 Å². The van der Waals surface area contributed by atoms with Gasteiger partial charge in [0.05, 0.1) is 11.1 Å². The molecule has 0 unspecified atom stereocenters. The van der Waals surface area contributed by atoms with Gasteiger partial charge in [0.1, 0.15) is 5.82 Å². The number of fused-ring (bicyclic) bond motifs is 10. The monoisotopic (exact) mass is 589 g/mol. The Morgan fingerprint density at radius 2 is 1.15 bits per heavy atom. The molecule has 0 amide bonds. The molecule has 2 aromatic heterocycles. The van der Waals surface area contributed by atoms with Crippen LogP contribution in [0.25, 0.3) is 55.8 Å². The lowest BCUT2D eigenvalue weighted by Gasteiger charge is -2.30. The molecule has 0 radical (unpaired) electrons. The molecule has 0 fully saturated rings. The lowest BCUT2D eigenvalue weighted by molar-refractivity contribution is 0.794. The number of rotatable bonds is 3. The van der Waals surface area contributed by atoms with Crippen LogP contribution in [-0.2, 0) is 5.41 Å². The Morgan fingerprint density at radius 1 is 0.478 bits per heavy atom. The third kappa shape index (κ3) is 3.69. The minimum atomic E-state index is -0.444. The van der Waals surface area contributed by atoms with Crippen LogP contribution < -0.4 is 0 Å². The molecular formula is C43H31N3. The van der Waals surface area contributed by atoms with Gasteiger partial charge in [-0.05, 0) is 117 Å². The predicted molar refractivity (Wildman–Crippen MR) is 187 cm³/mol. The zero-order chi connectivity index (χ0) is 31.0. The van der Waals surface area contributed by atoms with Crippen LogP contribution in [0, 0.1) is 20.8 Å². The van der Waals surface area contributed by atoms with E-state index in [0.717, 1.165) is 22.8 Å². The van der Waals surface area contributed by atoms with Crippen molar-refractivity contribution < 1.29 is 0 Å². The third-order valence-corrected chi connectivity index (χ3v) is 9.88. The first-order chi connectivity index (χ1) is 22.5. The molecule has 218 valence electrons. The van der Waals surface area contributed by atoms with Gasteiger partial charge in [0, 0.05) is 23.7 Å². The average Bonchev–Trinajstić information content (AvgIpc) is 3.55. The van der Waals surface area contributed by atoms with E-state index in [-0.39, 0.29) is 0 Å². The van der Waals surface area contributed by atoms with Crippen molar-refractivity contribution in [3.63, 3.8) is 0 Å². The molecule has 0 bridgehead atoms. The predicted octanol–water partition coefficient (Wildman–Crippen LogP) is 10.1. The maximum atomic E-state index is 4.88. The number of hydrogen-bond acceptors (Lipinski definition) is 3. The van der Waals surface area contributed by atoms with Crippen LogP contribution in [0.3, 0.4) is 0 Å². The molecule has 2 heterocycles. The summed E-state index contributed by atoms with van der Waals surface area (Å²) in [5.74, 6) is 0.789. The van der Waals surface area contributed by atoms with Crippen LogP contribution in [0.15, 0.2) is 134 Å². The summed E-state index contributed by atoms with van der Waals surface area (Å²) in [5, 5.41) is 0. The normalized spacial score (nSPS) is 13.3. The van der Waals surface area contributed by atoms with E-state index >= 15 is 0 Å². The Bertz CT molecular complexity index is 2300. The fourth-order valence-corrected chi connectivity index (χ4v) is 8.10. The molecule has 46 heavy (non-hydrogen) atoms. The number of aryl methyl sites for hydroxylation is 3. The number of benzene rings is 5. The summed E-state index contributed by atoms with van der Waals surface area (Å²) in [6.07, 6.45) is 3.82. The second-order valence-electron chi connectivity index (χ2n) is 12.5. The van der Waals surface area contributed by atoms with Gasteiger partial charge in [0.2, 0.25) is 0 Å². The van der Waals surface area contributed by atoms with Gasteiger partial charge in [-0.2, -0.15) is 0 Å². The standard InChI is InChI=1S/C43H31N3/c1-26-25-44-21-20-32(26)29-10-8-11-30(23-29)33-14-9-17-39-42(33)36-19-18-31(41-22-27(2)45-28(3)46-41)24-40(36)43(39)37-15-6-4-12-34(37)35-13-5-7-16-38(35)43/h4-25H,1-3H3. The van der Waals surface area contributed by atoms with Gasteiger partial charge in [-0.15, -0.1) is 0 Å². The van der Waals surface area contributed by atoms with Crippen LogP contribution in [0.4, 0.5) is 0 Å². The zero-order valence-electron chi connectivity index (χ0n) is 26.0. The van der Waals surface area contributed by atoms with Crippen molar-refractivity contribution in [2.45, 2.75) is 26.2 Å². The minimum absolute atomic E-state index is 0.444. The lowest BCUT2D eigenvalue weighted by Crippen LogP contribution is -2.25. The molecule has 0 N–H and O–H groups in total. The van der Waals surface area contributed by atoms with E-state index in [1.807, 2.05) is 26.2 Å². The summed E-state index contributed by atoms with van der Waals surface area (Å²) < 4.78 is 0. The summed E-state index contributed by atoms with van der Waals surface area (Å²) in [7, 11) is 0.